The summed E-state index contributed by atoms with van der Waals surface area (Å²) in [4.78, 5) is 23.5. The summed E-state index contributed by atoms with van der Waals surface area (Å²) >= 11 is 0. The average molecular weight is 348 g/mol. The molecular formula is C20H16N2O4. The van der Waals surface area contributed by atoms with Crippen molar-refractivity contribution < 1.29 is 19.1 Å². The van der Waals surface area contributed by atoms with E-state index in [0.29, 0.717) is 11.1 Å². The van der Waals surface area contributed by atoms with Crippen LogP contribution in [-0.2, 0) is 19.1 Å². The third-order valence-corrected chi connectivity index (χ3v) is 2.88. The van der Waals surface area contributed by atoms with Gasteiger partial charge in [0, 0.05) is 0 Å². The van der Waals surface area contributed by atoms with Gasteiger partial charge in [0.1, 0.15) is 36.5 Å². The van der Waals surface area contributed by atoms with Crippen LogP contribution in [0.25, 0.3) is 12.2 Å². The topological polar surface area (TPSA) is 100 Å². The summed E-state index contributed by atoms with van der Waals surface area (Å²) in [6, 6.07) is 10.1. The summed E-state index contributed by atoms with van der Waals surface area (Å²) in [5.74, 6) is -1.53. The van der Waals surface area contributed by atoms with Crippen LogP contribution in [-0.4, -0.2) is 25.2 Å². The van der Waals surface area contributed by atoms with E-state index in [4.69, 9.17) is 20.0 Å². The molecule has 0 aliphatic rings. The van der Waals surface area contributed by atoms with E-state index < -0.39 is 11.9 Å². The minimum absolute atomic E-state index is 0.00101. The lowest BCUT2D eigenvalue weighted by atomic mass is 10.1. The van der Waals surface area contributed by atoms with Gasteiger partial charge < -0.3 is 9.47 Å². The Morgan fingerprint density at radius 1 is 0.923 bits per heavy atom. The molecule has 1 aromatic carbocycles. The zero-order valence-corrected chi connectivity index (χ0v) is 14.0. The minimum Gasteiger partial charge on any atom is -0.457 e. The van der Waals surface area contributed by atoms with Gasteiger partial charge in [-0.3, -0.25) is 0 Å². The second-order valence-corrected chi connectivity index (χ2v) is 4.78. The first kappa shape index (κ1) is 20.1. The Hall–Kier alpha value is -3.90. The highest BCUT2D eigenvalue weighted by molar-refractivity contribution is 5.99. The lowest BCUT2D eigenvalue weighted by molar-refractivity contribution is -0.138. The highest BCUT2D eigenvalue weighted by Crippen LogP contribution is 2.14. The van der Waals surface area contributed by atoms with Crippen molar-refractivity contribution >= 4 is 24.1 Å². The van der Waals surface area contributed by atoms with Gasteiger partial charge >= 0.3 is 11.9 Å². The molecule has 130 valence electrons. The number of rotatable bonds is 8. The van der Waals surface area contributed by atoms with Crippen molar-refractivity contribution in [3.05, 3.63) is 71.8 Å². The molecule has 0 N–H and O–H groups in total. The second kappa shape index (κ2) is 10.8. The summed E-state index contributed by atoms with van der Waals surface area (Å²) < 4.78 is 9.65. The predicted octanol–water partition coefficient (Wildman–Crippen LogP) is 2.96. The molecule has 0 aromatic heterocycles. The number of carbonyl (C=O) groups is 2. The Balaban J connectivity index is 3.10. The maximum atomic E-state index is 11.8. The van der Waals surface area contributed by atoms with E-state index in [-0.39, 0.29) is 24.4 Å². The van der Waals surface area contributed by atoms with Crippen molar-refractivity contribution in [1.82, 2.24) is 0 Å². The Bertz CT molecular complexity index is 784. The van der Waals surface area contributed by atoms with Crippen molar-refractivity contribution in [3.63, 3.8) is 0 Å². The molecule has 6 heteroatoms. The zero-order valence-electron chi connectivity index (χ0n) is 14.0. The molecule has 0 amide bonds. The molecule has 0 heterocycles. The molecule has 0 aliphatic heterocycles. The molecule has 26 heavy (non-hydrogen) atoms. The van der Waals surface area contributed by atoms with Crippen LogP contribution in [0.2, 0.25) is 0 Å². The molecule has 0 aliphatic carbocycles. The molecule has 0 radical (unpaired) electrons. The van der Waals surface area contributed by atoms with E-state index in [9.17, 15) is 9.59 Å². The number of carbonyl (C=O) groups excluding carboxylic acids is 2. The molecule has 0 spiro atoms. The van der Waals surface area contributed by atoms with Crippen LogP contribution in [0.15, 0.2) is 60.7 Å². The summed E-state index contributed by atoms with van der Waals surface area (Å²) in [6.45, 7) is 6.85. The maximum Gasteiger partial charge on any atom is 0.349 e. The smallest absolute Gasteiger partial charge is 0.349 e. The van der Waals surface area contributed by atoms with Crippen LogP contribution in [0.5, 0.6) is 0 Å². The summed E-state index contributed by atoms with van der Waals surface area (Å²) in [7, 11) is 0. The van der Waals surface area contributed by atoms with Gasteiger partial charge in [-0.1, -0.05) is 43.5 Å². The molecule has 0 bridgehead atoms. The van der Waals surface area contributed by atoms with Gasteiger partial charge in [-0.25, -0.2) is 9.59 Å². The van der Waals surface area contributed by atoms with Crippen molar-refractivity contribution in [3.8, 4) is 12.1 Å². The van der Waals surface area contributed by atoms with Crippen molar-refractivity contribution in [2.45, 2.75) is 0 Å². The average Bonchev–Trinajstić information content (AvgIpc) is 2.66. The lowest BCUT2D eigenvalue weighted by Crippen LogP contribution is -2.06. The fraction of sp³-hybridized carbons (Fsp3) is 0.100. The number of benzene rings is 1. The van der Waals surface area contributed by atoms with Crippen molar-refractivity contribution in [2.75, 3.05) is 13.2 Å². The van der Waals surface area contributed by atoms with Crippen molar-refractivity contribution in [1.29, 1.82) is 10.5 Å². The normalized spacial score (nSPS) is 10.8. The van der Waals surface area contributed by atoms with Gasteiger partial charge in [-0.2, -0.15) is 10.5 Å². The Morgan fingerprint density at radius 3 is 1.69 bits per heavy atom. The van der Waals surface area contributed by atoms with Crippen LogP contribution in [0.3, 0.4) is 0 Å². The predicted molar refractivity (Wildman–Crippen MR) is 95.9 cm³/mol. The first-order valence-electron chi connectivity index (χ1n) is 7.45. The first-order valence-corrected chi connectivity index (χ1v) is 7.45. The first-order chi connectivity index (χ1) is 12.5. The SMILES string of the molecule is C=CCOC(=O)/C(C#N)=C/c1cccc(/C=C(\C#N)C(=O)OCC=C)c1. The highest BCUT2D eigenvalue weighted by atomic mass is 16.5. The zero-order chi connectivity index (χ0) is 19.4. The Kier molecular flexibility index (Phi) is 8.36. The maximum absolute atomic E-state index is 11.8. The van der Waals surface area contributed by atoms with Crippen LogP contribution >= 0.6 is 0 Å². The molecule has 6 nitrogen and oxygen atoms in total. The van der Waals surface area contributed by atoms with E-state index in [1.54, 1.807) is 36.4 Å². The lowest BCUT2D eigenvalue weighted by Gasteiger charge is -2.02. The largest absolute Gasteiger partial charge is 0.457 e. The summed E-state index contributed by atoms with van der Waals surface area (Å²) in [5, 5.41) is 18.2. The number of hydrogen-bond acceptors (Lipinski definition) is 6. The highest BCUT2D eigenvalue weighted by Gasteiger charge is 2.11. The molecule has 0 saturated carbocycles. The Labute approximate surface area is 151 Å². The van der Waals surface area contributed by atoms with Gasteiger partial charge in [0.2, 0.25) is 0 Å². The summed E-state index contributed by atoms with van der Waals surface area (Å²) in [5.41, 5.74) is 0.697. The molecule has 0 atom stereocenters. The van der Waals surface area contributed by atoms with Gasteiger partial charge in [0.15, 0.2) is 0 Å². The fourth-order valence-corrected chi connectivity index (χ4v) is 1.77. The molecule has 0 saturated heterocycles. The van der Waals surface area contributed by atoms with Crippen LogP contribution < -0.4 is 0 Å². The monoisotopic (exact) mass is 348 g/mol. The van der Waals surface area contributed by atoms with E-state index in [0.717, 1.165) is 0 Å². The van der Waals surface area contributed by atoms with Crippen LogP contribution in [0.4, 0.5) is 0 Å². The standard InChI is InChI=1S/C20H16N2O4/c1-3-8-25-19(23)17(13-21)11-15-6-5-7-16(10-15)12-18(14-22)20(24)26-9-4-2/h3-7,10-12H,1-2,8-9H2/b17-11+,18-12+. The number of nitrogens with zero attached hydrogens (tertiary/aromatic N) is 2. The quantitative estimate of drug-likeness (QED) is 0.310. The summed E-state index contributed by atoms with van der Waals surface area (Å²) in [6.07, 6.45) is 5.50. The van der Waals surface area contributed by atoms with Crippen LogP contribution in [0, 0.1) is 22.7 Å². The van der Waals surface area contributed by atoms with Gasteiger partial charge in [-0.05, 0) is 29.3 Å². The second-order valence-electron chi connectivity index (χ2n) is 4.78. The van der Waals surface area contributed by atoms with Gasteiger partial charge in [0.05, 0.1) is 0 Å². The minimum atomic E-state index is -0.765. The van der Waals surface area contributed by atoms with E-state index in [1.165, 1.54) is 24.3 Å². The Morgan fingerprint density at radius 2 is 1.35 bits per heavy atom. The molecule has 0 fully saturated rings. The fourth-order valence-electron chi connectivity index (χ4n) is 1.77. The van der Waals surface area contributed by atoms with Gasteiger partial charge in [0.25, 0.3) is 0 Å². The molecule has 1 rings (SSSR count). The van der Waals surface area contributed by atoms with Crippen molar-refractivity contribution in [2.24, 2.45) is 0 Å². The van der Waals surface area contributed by atoms with E-state index >= 15 is 0 Å². The number of ether oxygens (including phenoxy) is 2. The number of hydrogen-bond donors (Lipinski definition) is 0. The third kappa shape index (κ3) is 6.31. The third-order valence-electron chi connectivity index (χ3n) is 2.88. The molecule has 1 aromatic rings. The van der Waals surface area contributed by atoms with Crippen LogP contribution in [0.1, 0.15) is 11.1 Å². The van der Waals surface area contributed by atoms with Gasteiger partial charge in [-0.15, -0.1) is 0 Å². The number of esters is 2. The van der Waals surface area contributed by atoms with E-state index in [1.807, 2.05) is 0 Å². The number of nitriles is 2. The molecular weight excluding hydrogens is 332 g/mol. The molecule has 0 unspecified atom stereocenters. The van der Waals surface area contributed by atoms with E-state index in [2.05, 4.69) is 13.2 Å².